The Morgan fingerprint density at radius 2 is 1.82 bits per heavy atom. The van der Waals surface area contributed by atoms with Crippen LogP contribution in [0.4, 0.5) is 0 Å². The molecule has 0 bridgehead atoms. The molecular weight excluding hydrogens is 348 g/mol. The van der Waals surface area contributed by atoms with Crippen molar-refractivity contribution < 1.29 is 0 Å². The highest BCUT2D eigenvalue weighted by molar-refractivity contribution is 9.10. The van der Waals surface area contributed by atoms with Crippen molar-refractivity contribution in [3.8, 4) is 0 Å². The van der Waals surface area contributed by atoms with E-state index in [0.29, 0.717) is 16.9 Å². The predicted octanol–water partition coefficient (Wildman–Crippen LogP) is 1.55. The van der Waals surface area contributed by atoms with Gasteiger partial charge >= 0.3 is 5.69 Å². The number of hydrogen-bond acceptors (Lipinski definition) is 3. The summed E-state index contributed by atoms with van der Waals surface area (Å²) in [5.41, 5.74) is 2.30. The molecule has 0 saturated carbocycles. The molecule has 0 unspecified atom stereocenters. The van der Waals surface area contributed by atoms with Gasteiger partial charge in [0.25, 0.3) is 5.56 Å². The topological polar surface area (TPSA) is 61.8 Å². The van der Waals surface area contributed by atoms with Gasteiger partial charge in [-0.05, 0) is 34.0 Å². The molecule has 2 heterocycles. The Morgan fingerprint density at radius 1 is 1.14 bits per heavy atom. The van der Waals surface area contributed by atoms with Crippen molar-refractivity contribution in [1.29, 1.82) is 0 Å². The van der Waals surface area contributed by atoms with Gasteiger partial charge in [0.1, 0.15) is 0 Å². The summed E-state index contributed by atoms with van der Waals surface area (Å²) in [4.78, 5) is 28.7. The first-order chi connectivity index (χ1) is 10.4. The van der Waals surface area contributed by atoms with Gasteiger partial charge in [-0.2, -0.15) is 0 Å². The number of rotatable bonds is 2. The molecule has 7 heteroatoms. The van der Waals surface area contributed by atoms with Crippen LogP contribution < -0.4 is 11.2 Å². The molecule has 0 fully saturated rings. The Balaban J connectivity index is 2.32. The second-order valence-corrected chi connectivity index (χ2v) is 5.98. The minimum absolute atomic E-state index is 0.282. The fourth-order valence-electron chi connectivity index (χ4n) is 2.56. The maximum absolute atomic E-state index is 12.2. The number of hydrogen-bond donors (Lipinski definition) is 0. The monoisotopic (exact) mass is 362 g/mol. The van der Waals surface area contributed by atoms with Crippen LogP contribution in [0.15, 0.2) is 38.6 Å². The largest absolute Gasteiger partial charge is 0.332 e. The van der Waals surface area contributed by atoms with E-state index < -0.39 is 0 Å². The van der Waals surface area contributed by atoms with E-state index >= 15 is 0 Å². The molecule has 114 valence electrons. The minimum atomic E-state index is -0.387. The van der Waals surface area contributed by atoms with E-state index in [1.54, 1.807) is 7.05 Å². The average molecular weight is 363 g/mol. The molecule has 0 N–H and O–H groups in total. The van der Waals surface area contributed by atoms with E-state index in [9.17, 15) is 9.59 Å². The lowest BCUT2D eigenvalue weighted by molar-refractivity contribution is 0.684. The molecule has 0 saturated heterocycles. The Labute approximate surface area is 134 Å². The quantitative estimate of drug-likeness (QED) is 0.649. The molecule has 0 radical (unpaired) electrons. The maximum Gasteiger partial charge on any atom is 0.332 e. The van der Waals surface area contributed by atoms with Crippen molar-refractivity contribution in [2.45, 2.75) is 13.5 Å². The molecule has 0 atom stereocenters. The molecule has 22 heavy (non-hydrogen) atoms. The lowest BCUT2D eigenvalue weighted by Crippen LogP contribution is -2.37. The van der Waals surface area contributed by atoms with Crippen molar-refractivity contribution in [2.24, 2.45) is 14.1 Å². The van der Waals surface area contributed by atoms with Crippen molar-refractivity contribution >= 4 is 27.1 Å². The van der Waals surface area contributed by atoms with Gasteiger partial charge in [0.05, 0.1) is 6.54 Å². The Morgan fingerprint density at radius 3 is 2.50 bits per heavy atom. The van der Waals surface area contributed by atoms with Gasteiger partial charge in [0.2, 0.25) is 0 Å². The minimum Gasteiger partial charge on any atom is -0.300 e. The lowest BCUT2D eigenvalue weighted by Gasteiger charge is -2.11. The zero-order valence-corrected chi connectivity index (χ0v) is 14.1. The summed E-state index contributed by atoms with van der Waals surface area (Å²) in [6.07, 6.45) is 0. The third kappa shape index (κ3) is 2.12. The fourth-order valence-corrected chi connectivity index (χ4v) is 3.03. The van der Waals surface area contributed by atoms with Crippen LogP contribution >= 0.6 is 15.9 Å². The van der Waals surface area contributed by atoms with Crippen LogP contribution in [0.25, 0.3) is 11.2 Å². The van der Waals surface area contributed by atoms with E-state index in [1.165, 1.54) is 11.6 Å². The van der Waals surface area contributed by atoms with E-state index in [0.717, 1.165) is 15.7 Å². The molecule has 0 amide bonds. The fraction of sp³-hybridized carbons (Fsp3) is 0.267. The number of fused-ring (bicyclic) bond motifs is 1. The van der Waals surface area contributed by atoms with Crippen molar-refractivity contribution in [3.05, 3.63) is 61.0 Å². The van der Waals surface area contributed by atoms with Crippen LogP contribution in [0.1, 0.15) is 11.1 Å². The van der Waals surface area contributed by atoms with Crippen molar-refractivity contribution in [2.75, 3.05) is 0 Å². The van der Waals surface area contributed by atoms with Gasteiger partial charge in [-0.3, -0.25) is 18.5 Å². The highest BCUT2D eigenvalue weighted by Crippen LogP contribution is 2.19. The van der Waals surface area contributed by atoms with Gasteiger partial charge in [-0.1, -0.05) is 24.3 Å². The van der Waals surface area contributed by atoms with Crippen LogP contribution in [-0.4, -0.2) is 18.7 Å². The Kier molecular flexibility index (Phi) is 3.52. The summed E-state index contributed by atoms with van der Waals surface area (Å²) in [6, 6.07) is 7.99. The molecule has 0 aliphatic carbocycles. The first-order valence-electron chi connectivity index (χ1n) is 6.78. The van der Waals surface area contributed by atoms with E-state index in [4.69, 9.17) is 0 Å². The molecule has 1 aromatic carbocycles. The Hall–Kier alpha value is -2.15. The molecule has 3 rings (SSSR count). The van der Waals surface area contributed by atoms with Gasteiger partial charge in [-0.15, -0.1) is 0 Å². The first kappa shape index (κ1) is 14.8. The summed E-state index contributed by atoms with van der Waals surface area (Å²) in [7, 11) is 3.10. The summed E-state index contributed by atoms with van der Waals surface area (Å²) in [5.74, 6) is 0. The molecule has 6 nitrogen and oxygen atoms in total. The first-order valence-corrected chi connectivity index (χ1v) is 7.57. The molecule has 0 aliphatic heterocycles. The van der Waals surface area contributed by atoms with E-state index in [2.05, 4.69) is 20.9 Å². The molecule has 3 aromatic rings. The number of nitrogens with zero attached hydrogens (tertiary/aromatic N) is 4. The number of benzene rings is 1. The number of imidazole rings is 1. The van der Waals surface area contributed by atoms with Crippen LogP contribution in [0.5, 0.6) is 0 Å². The summed E-state index contributed by atoms with van der Waals surface area (Å²) in [6.45, 7) is 2.56. The summed E-state index contributed by atoms with van der Waals surface area (Å²) in [5, 5.41) is 0. The highest BCUT2D eigenvalue weighted by atomic mass is 79.9. The second kappa shape index (κ2) is 5.24. The predicted molar refractivity (Wildman–Crippen MR) is 88.2 cm³/mol. The molecule has 0 aliphatic rings. The zero-order valence-electron chi connectivity index (χ0n) is 12.5. The molecule has 0 spiro atoms. The Bertz CT molecular complexity index is 997. The number of aryl methyl sites for hydroxylation is 2. The van der Waals surface area contributed by atoms with Crippen molar-refractivity contribution in [3.63, 3.8) is 0 Å². The SMILES string of the molecule is Cc1ccccc1Cn1c(Br)nc2c(=O)n(C)c(=O)n(C)c21. The van der Waals surface area contributed by atoms with Gasteiger partial charge in [-0.25, -0.2) is 9.78 Å². The number of halogens is 1. The van der Waals surface area contributed by atoms with Crippen LogP contribution in [0.3, 0.4) is 0 Å². The average Bonchev–Trinajstić information content (AvgIpc) is 2.82. The van der Waals surface area contributed by atoms with Crippen LogP contribution in [-0.2, 0) is 20.6 Å². The standard InChI is InChI=1S/C15H15BrN4O2/c1-9-6-4-5-7-10(9)8-20-12-11(17-14(20)16)13(21)19(3)15(22)18(12)2/h4-7H,8H2,1-3H3. The van der Waals surface area contributed by atoms with Crippen LogP contribution in [0.2, 0.25) is 0 Å². The zero-order chi connectivity index (χ0) is 16.0. The van der Waals surface area contributed by atoms with Gasteiger partial charge in [0.15, 0.2) is 15.9 Å². The lowest BCUT2D eigenvalue weighted by atomic mass is 10.1. The molecule has 2 aromatic heterocycles. The maximum atomic E-state index is 12.2. The smallest absolute Gasteiger partial charge is 0.300 e. The number of aromatic nitrogens is 4. The van der Waals surface area contributed by atoms with Gasteiger partial charge in [0, 0.05) is 14.1 Å². The summed E-state index contributed by atoms with van der Waals surface area (Å²) < 4.78 is 4.89. The third-order valence-corrected chi connectivity index (χ3v) is 4.49. The van der Waals surface area contributed by atoms with E-state index in [-0.39, 0.29) is 16.8 Å². The highest BCUT2D eigenvalue weighted by Gasteiger charge is 2.18. The molecular formula is C15H15BrN4O2. The third-order valence-electron chi connectivity index (χ3n) is 3.88. The van der Waals surface area contributed by atoms with E-state index in [1.807, 2.05) is 35.8 Å². The van der Waals surface area contributed by atoms with Crippen molar-refractivity contribution in [1.82, 2.24) is 18.7 Å². The second-order valence-electron chi connectivity index (χ2n) is 5.27. The van der Waals surface area contributed by atoms with Crippen LogP contribution in [0, 0.1) is 6.92 Å². The normalized spacial score (nSPS) is 11.3. The van der Waals surface area contributed by atoms with Gasteiger partial charge < -0.3 is 0 Å². The summed E-state index contributed by atoms with van der Waals surface area (Å²) >= 11 is 3.40.